The Hall–Kier alpha value is -2.30. The largest absolute Gasteiger partial charge is 0.493 e. The van der Waals surface area contributed by atoms with Crippen LogP contribution in [-0.4, -0.2) is 27.5 Å². The highest BCUT2D eigenvalue weighted by molar-refractivity contribution is 5.88. The van der Waals surface area contributed by atoms with Crippen molar-refractivity contribution >= 4 is 5.97 Å². The second-order valence-electron chi connectivity index (χ2n) is 5.06. The topological polar surface area (TPSA) is 64.3 Å². The molecule has 106 valence electrons. The van der Waals surface area contributed by atoms with Crippen LogP contribution in [0.3, 0.4) is 0 Å². The third-order valence-corrected chi connectivity index (χ3v) is 2.90. The lowest BCUT2D eigenvalue weighted by molar-refractivity contribution is 0.0696. The summed E-state index contributed by atoms with van der Waals surface area (Å²) in [7, 11) is 0. The summed E-state index contributed by atoms with van der Waals surface area (Å²) in [6.45, 7) is 6.59. The van der Waals surface area contributed by atoms with Crippen LogP contribution >= 0.6 is 0 Å². The number of benzene rings is 1. The number of hydrogen-bond acceptors (Lipinski definition) is 3. The number of aromatic carboxylic acids is 1. The van der Waals surface area contributed by atoms with Gasteiger partial charge in [-0.05, 0) is 37.1 Å². The molecule has 2 aromatic rings. The van der Waals surface area contributed by atoms with E-state index in [0.717, 1.165) is 11.4 Å². The van der Waals surface area contributed by atoms with Gasteiger partial charge in [0.1, 0.15) is 11.3 Å². The van der Waals surface area contributed by atoms with E-state index in [-0.39, 0.29) is 5.56 Å². The first kappa shape index (κ1) is 14.1. The Bertz CT molecular complexity index is 600. The van der Waals surface area contributed by atoms with Crippen LogP contribution in [-0.2, 0) is 0 Å². The number of nitrogens with zero attached hydrogens (tertiary/aromatic N) is 2. The molecule has 0 bridgehead atoms. The second-order valence-corrected chi connectivity index (χ2v) is 5.06. The van der Waals surface area contributed by atoms with E-state index in [4.69, 9.17) is 9.84 Å². The molecular formula is C15H18N2O3. The van der Waals surface area contributed by atoms with Crippen molar-refractivity contribution in [1.29, 1.82) is 0 Å². The van der Waals surface area contributed by atoms with Crippen LogP contribution in [0.25, 0.3) is 5.69 Å². The highest BCUT2D eigenvalue weighted by Gasteiger charge is 2.13. The summed E-state index contributed by atoms with van der Waals surface area (Å²) in [6.07, 6.45) is 1.36. The molecule has 0 radical (unpaired) electrons. The molecule has 0 aliphatic rings. The summed E-state index contributed by atoms with van der Waals surface area (Å²) >= 11 is 0. The summed E-state index contributed by atoms with van der Waals surface area (Å²) in [5.41, 5.74) is 1.63. The number of aromatic nitrogens is 2. The average Bonchev–Trinajstić information content (AvgIpc) is 2.79. The number of carboxylic acid groups (broad SMARTS) is 1. The summed E-state index contributed by atoms with van der Waals surface area (Å²) in [5, 5.41) is 13.1. The number of carboxylic acids is 1. The van der Waals surface area contributed by atoms with Crippen LogP contribution in [0.15, 0.2) is 30.5 Å². The minimum atomic E-state index is -0.967. The first-order valence-corrected chi connectivity index (χ1v) is 6.50. The molecule has 1 N–H and O–H groups in total. The maximum atomic E-state index is 11.0. The van der Waals surface area contributed by atoms with E-state index in [1.165, 1.54) is 6.20 Å². The number of carbonyl (C=O) groups is 1. The van der Waals surface area contributed by atoms with Crippen molar-refractivity contribution in [2.45, 2.75) is 20.8 Å². The third-order valence-electron chi connectivity index (χ3n) is 2.90. The van der Waals surface area contributed by atoms with Gasteiger partial charge in [0.15, 0.2) is 0 Å². The van der Waals surface area contributed by atoms with E-state index in [0.29, 0.717) is 18.2 Å². The fourth-order valence-electron chi connectivity index (χ4n) is 1.83. The molecule has 0 atom stereocenters. The number of hydrogen-bond donors (Lipinski definition) is 1. The predicted octanol–water partition coefficient (Wildman–Crippen LogP) is 2.91. The molecule has 20 heavy (non-hydrogen) atoms. The zero-order valence-electron chi connectivity index (χ0n) is 11.8. The Morgan fingerprint density at radius 3 is 2.50 bits per heavy atom. The Labute approximate surface area is 117 Å². The molecule has 5 heteroatoms. The molecule has 0 amide bonds. The predicted molar refractivity (Wildman–Crippen MR) is 75.6 cm³/mol. The molecule has 1 heterocycles. The Kier molecular flexibility index (Phi) is 4.08. The standard InChI is InChI=1S/C15H18N2O3/c1-10(2)9-20-13-6-4-12(5-7-13)17-11(3)14(8-16-17)15(18)19/h4-8,10H,9H2,1-3H3,(H,18,19). The van der Waals surface area contributed by atoms with E-state index < -0.39 is 5.97 Å². The van der Waals surface area contributed by atoms with Crippen LogP contribution in [0.2, 0.25) is 0 Å². The summed E-state index contributed by atoms with van der Waals surface area (Å²) < 4.78 is 7.22. The molecule has 0 spiro atoms. The SMILES string of the molecule is Cc1c(C(=O)O)cnn1-c1ccc(OCC(C)C)cc1. The van der Waals surface area contributed by atoms with Gasteiger partial charge in [-0.2, -0.15) is 5.10 Å². The molecule has 5 nitrogen and oxygen atoms in total. The van der Waals surface area contributed by atoms with E-state index in [2.05, 4.69) is 18.9 Å². The first-order valence-electron chi connectivity index (χ1n) is 6.50. The van der Waals surface area contributed by atoms with Gasteiger partial charge in [-0.1, -0.05) is 13.8 Å². The summed E-state index contributed by atoms with van der Waals surface area (Å²) in [6, 6.07) is 7.45. The molecule has 2 rings (SSSR count). The number of rotatable bonds is 5. The summed E-state index contributed by atoms with van der Waals surface area (Å²) in [4.78, 5) is 11.0. The molecular weight excluding hydrogens is 256 g/mol. The third kappa shape index (κ3) is 2.99. The Morgan fingerprint density at radius 1 is 1.35 bits per heavy atom. The van der Waals surface area contributed by atoms with Gasteiger partial charge in [0.25, 0.3) is 0 Å². The number of ether oxygens (including phenoxy) is 1. The summed E-state index contributed by atoms with van der Waals surface area (Å²) in [5.74, 6) is 0.303. The van der Waals surface area contributed by atoms with E-state index in [1.54, 1.807) is 11.6 Å². The molecule has 0 unspecified atom stereocenters. The highest BCUT2D eigenvalue weighted by atomic mass is 16.5. The van der Waals surface area contributed by atoms with Gasteiger partial charge < -0.3 is 9.84 Å². The average molecular weight is 274 g/mol. The van der Waals surface area contributed by atoms with Gasteiger partial charge in [-0.3, -0.25) is 0 Å². The fraction of sp³-hybridized carbons (Fsp3) is 0.333. The van der Waals surface area contributed by atoms with Crippen LogP contribution in [0.5, 0.6) is 5.75 Å². The zero-order chi connectivity index (χ0) is 14.7. The van der Waals surface area contributed by atoms with Gasteiger partial charge in [-0.25, -0.2) is 9.48 Å². The molecule has 1 aromatic carbocycles. The molecule has 0 saturated carbocycles. The van der Waals surface area contributed by atoms with Crippen LogP contribution in [0.4, 0.5) is 0 Å². The van der Waals surface area contributed by atoms with Gasteiger partial charge in [0.05, 0.1) is 24.2 Å². The molecule has 0 saturated heterocycles. The van der Waals surface area contributed by atoms with Crippen molar-refractivity contribution in [3.8, 4) is 11.4 Å². The molecule has 0 aliphatic heterocycles. The van der Waals surface area contributed by atoms with Crippen LogP contribution in [0.1, 0.15) is 29.9 Å². The van der Waals surface area contributed by atoms with Gasteiger partial charge in [-0.15, -0.1) is 0 Å². The van der Waals surface area contributed by atoms with Crippen LogP contribution < -0.4 is 4.74 Å². The van der Waals surface area contributed by atoms with E-state index in [1.807, 2.05) is 24.3 Å². The Morgan fingerprint density at radius 2 is 2.00 bits per heavy atom. The lowest BCUT2D eigenvalue weighted by Crippen LogP contribution is -2.05. The van der Waals surface area contributed by atoms with Crippen molar-refractivity contribution in [2.24, 2.45) is 5.92 Å². The van der Waals surface area contributed by atoms with Crippen molar-refractivity contribution < 1.29 is 14.6 Å². The lowest BCUT2D eigenvalue weighted by Gasteiger charge is -2.10. The van der Waals surface area contributed by atoms with Gasteiger partial charge >= 0.3 is 5.97 Å². The monoisotopic (exact) mass is 274 g/mol. The fourth-order valence-corrected chi connectivity index (χ4v) is 1.83. The van der Waals surface area contributed by atoms with Crippen molar-refractivity contribution in [3.05, 3.63) is 41.7 Å². The maximum absolute atomic E-state index is 11.0. The van der Waals surface area contributed by atoms with Crippen molar-refractivity contribution in [3.63, 3.8) is 0 Å². The second kappa shape index (κ2) is 5.77. The lowest BCUT2D eigenvalue weighted by atomic mass is 10.2. The van der Waals surface area contributed by atoms with Gasteiger partial charge in [0.2, 0.25) is 0 Å². The van der Waals surface area contributed by atoms with Crippen molar-refractivity contribution in [1.82, 2.24) is 9.78 Å². The normalized spacial score (nSPS) is 10.8. The minimum absolute atomic E-state index is 0.213. The first-order chi connectivity index (χ1) is 9.49. The van der Waals surface area contributed by atoms with Crippen LogP contribution in [0, 0.1) is 12.8 Å². The quantitative estimate of drug-likeness (QED) is 0.910. The van der Waals surface area contributed by atoms with Gasteiger partial charge in [0, 0.05) is 0 Å². The van der Waals surface area contributed by atoms with E-state index in [9.17, 15) is 4.79 Å². The molecule has 0 fully saturated rings. The van der Waals surface area contributed by atoms with E-state index >= 15 is 0 Å². The smallest absolute Gasteiger partial charge is 0.339 e. The maximum Gasteiger partial charge on any atom is 0.339 e. The highest BCUT2D eigenvalue weighted by Crippen LogP contribution is 2.18. The van der Waals surface area contributed by atoms with Crippen molar-refractivity contribution in [2.75, 3.05) is 6.61 Å². The minimum Gasteiger partial charge on any atom is -0.493 e. The molecule has 0 aliphatic carbocycles. The Balaban J connectivity index is 2.20. The zero-order valence-corrected chi connectivity index (χ0v) is 11.8. The molecule has 1 aromatic heterocycles.